The highest BCUT2D eigenvalue weighted by molar-refractivity contribution is 5.80. The van der Waals surface area contributed by atoms with E-state index in [-0.39, 0.29) is 17.8 Å². The molecule has 0 radical (unpaired) electrons. The Morgan fingerprint density at radius 3 is 2.69 bits per heavy atom. The van der Waals surface area contributed by atoms with Crippen molar-refractivity contribution < 1.29 is 18.8 Å². The van der Waals surface area contributed by atoms with Gasteiger partial charge < -0.3 is 14.0 Å². The average molecular weight is 391 g/mol. The molecule has 1 aliphatic heterocycles. The molecular weight excluding hydrogens is 370 g/mol. The van der Waals surface area contributed by atoms with Gasteiger partial charge in [0, 0.05) is 0 Å². The van der Waals surface area contributed by atoms with Gasteiger partial charge in [-0.1, -0.05) is 36.4 Å². The van der Waals surface area contributed by atoms with E-state index >= 15 is 0 Å². The van der Waals surface area contributed by atoms with Gasteiger partial charge in [-0.3, -0.25) is 9.59 Å². The van der Waals surface area contributed by atoms with Crippen LogP contribution in [0.2, 0.25) is 0 Å². The van der Waals surface area contributed by atoms with Gasteiger partial charge in [0.05, 0.1) is 23.2 Å². The Morgan fingerprint density at radius 1 is 1.21 bits per heavy atom. The number of fused-ring (bicyclic) bond motifs is 1. The summed E-state index contributed by atoms with van der Waals surface area (Å²) in [6.07, 6.45) is 1.40. The quantitative estimate of drug-likeness (QED) is 0.618. The maximum absolute atomic E-state index is 13.4. The largest absolute Gasteiger partial charge is 0.465 e. The molecule has 148 valence electrons. The summed E-state index contributed by atoms with van der Waals surface area (Å²) < 4.78 is 11.0. The first-order chi connectivity index (χ1) is 14.0. The molecule has 0 spiro atoms. The van der Waals surface area contributed by atoms with Gasteiger partial charge in [-0.25, -0.2) is 5.06 Å². The van der Waals surface area contributed by atoms with Crippen molar-refractivity contribution in [3.05, 3.63) is 88.5 Å². The number of rotatable bonds is 4. The molecule has 0 amide bonds. The number of benzene rings is 2. The van der Waals surface area contributed by atoms with Crippen LogP contribution in [0, 0.1) is 12.8 Å². The molecule has 0 saturated carbocycles. The van der Waals surface area contributed by atoms with Gasteiger partial charge in [0.25, 0.3) is 0 Å². The minimum Gasteiger partial charge on any atom is -0.465 e. The second kappa shape index (κ2) is 7.47. The highest BCUT2D eigenvalue weighted by Crippen LogP contribution is 2.43. The highest BCUT2D eigenvalue weighted by Gasteiger charge is 2.47. The molecule has 2 aromatic carbocycles. The van der Waals surface area contributed by atoms with Crippen LogP contribution in [0.3, 0.4) is 0 Å². The van der Waals surface area contributed by atoms with Gasteiger partial charge in [-0.2, -0.15) is 0 Å². The van der Waals surface area contributed by atoms with Gasteiger partial charge in [0.15, 0.2) is 5.43 Å². The van der Waals surface area contributed by atoms with Crippen LogP contribution >= 0.6 is 0 Å². The third-order valence-electron chi connectivity index (χ3n) is 4.96. The maximum atomic E-state index is 13.4. The van der Waals surface area contributed by atoms with E-state index in [1.807, 2.05) is 43.3 Å². The Hall–Kier alpha value is -3.54. The molecule has 0 aliphatic carbocycles. The van der Waals surface area contributed by atoms with E-state index in [4.69, 9.17) is 14.0 Å². The van der Waals surface area contributed by atoms with Gasteiger partial charge >= 0.3 is 5.97 Å². The van der Waals surface area contributed by atoms with Crippen molar-refractivity contribution >= 4 is 22.6 Å². The fourth-order valence-electron chi connectivity index (χ4n) is 3.60. The van der Waals surface area contributed by atoms with Crippen LogP contribution < -0.4 is 10.5 Å². The fraction of sp³-hybridized carbons (Fsp3) is 0.217. The summed E-state index contributed by atoms with van der Waals surface area (Å²) in [7, 11) is 0. The smallest absolute Gasteiger partial charge is 0.319 e. The summed E-state index contributed by atoms with van der Waals surface area (Å²) in [4.78, 5) is 31.9. The van der Waals surface area contributed by atoms with E-state index in [0.717, 1.165) is 5.56 Å². The van der Waals surface area contributed by atoms with E-state index in [9.17, 15) is 9.59 Å². The summed E-state index contributed by atoms with van der Waals surface area (Å²) in [5, 5.41) is 1.98. The van der Waals surface area contributed by atoms with Crippen LogP contribution in [0.1, 0.15) is 24.1 Å². The monoisotopic (exact) mass is 391 g/mol. The first-order valence-corrected chi connectivity index (χ1v) is 9.41. The van der Waals surface area contributed by atoms with Crippen molar-refractivity contribution in [1.82, 2.24) is 0 Å². The zero-order valence-electron chi connectivity index (χ0n) is 16.3. The number of carbonyl (C=O) groups is 1. The molecule has 6 nitrogen and oxygen atoms in total. The zero-order chi connectivity index (χ0) is 20.5. The molecule has 1 saturated heterocycles. The molecular formula is C23H21NO5. The lowest BCUT2D eigenvalue weighted by molar-refractivity contribution is -0.147. The number of nitrogens with zero attached hydrogens (tertiary/aromatic N) is 1. The summed E-state index contributed by atoms with van der Waals surface area (Å²) in [6.45, 7) is 7.75. The molecule has 1 aromatic heterocycles. The van der Waals surface area contributed by atoms with E-state index in [2.05, 4.69) is 6.58 Å². The van der Waals surface area contributed by atoms with E-state index in [1.54, 1.807) is 19.1 Å². The first kappa shape index (κ1) is 18.8. The van der Waals surface area contributed by atoms with Crippen molar-refractivity contribution in [2.45, 2.75) is 19.9 Å². The molecule has 29 heavy (non-hydrogen) atoms. The Morgan fingerprint density at radius 2 is 1.97 bits per heavy atom. The number of aryl methyl sites for hydroxylation is 1. The lowest BCUT2D eigenvalue weighted by Gasteiger charge is -2.25. The molecule has 1 fully saturated rings. The Bertz CT molecular complexity index is 1130. The lowest BCUT2D eigenvalue weighted by Crippen LogP contribution is -2.32. The minimum atomic E-state index is -0.861. The molecule has 2 heterocycles. The number of carbonyl (C=O) groups excluding carboxylic acids is 1. The Labute approximate surface area is 167 Å². The molecule has 6 heteroatoms. The predicted molar refractivity (Wildman–Crippen MR) is 109 cm³/mol. The fourth-order valence-corrected chi connectivity index (χ4v) is 3.60. The van der Waals surface area contributed by atoms with Crippen molar-refractivity contribution in [1.29, 1.82) is 0 Å². The average Bonchev–Trinajstić information content (AvgIpc) is 3.06. The summed E-state index contributed by atoms with van der Waals surface area (Å²) in [6, 6.07) is 13.9. The van der Waals surface area contributed by atoms with Crippen LogP contribution in [0.5, 0.6) is 0 Å². The predicted octanol–water partition coefficient (Wildman–Crippen LogP) is 4.29. The van der Waals surface area contributed by atoms with Crippen LogP contribution in [0.4, 0.5) is 5.69 Å². The van der Waals surface area contributed by atoms with E-state index < -0.39 is 17.9 Å². The summed E-state index contributed by atoms with van der Waals surface area (Å²) >= 11 is 0. The number of hydrogen-bond acceptors (Lipinski definition) is 6. The molecule has 0 N–H and O–H groups in total. The zero-order valence-corrected chi connectivity index (χ0v) is 16.3. The molecule has 2 unspecified atom stereocenters. The maximum Gasteiger partial charge on any atom is 0.319 e. The van der Waals surface area contributed by atoms with E-state index in [0.29, 0.717) is 22.2 Å². The third-order valence-corrected chi connectivity index (χ3v) is 4.96. The normalized spacial score (nSPS) is 18.7. The van der Waals surface area contributed by atoms with Gasteiger partial charge in [-0.05, 0) is 38.1 Å². The topological polar surface area (TPSA) is 69.0 Å². The standard InChI is InChI=1S/C23H21NO5/c1-4-27-23(26)20-15(3)29-24(16-8-6-5-7-9-16)21(20)18-13-28-19-11-10-14(2)12-17(19)22(18)25/h5-13,20-21H,3-4H2,1-2H3. The molecule has 0 bridgehead atoms. The lowest BCUT2D eigenvalue weighted by atomic mass is 9.92. The van der Waals surface area contributed by atoms with Crippen molar-refractivity contribution in [3.63, 3.8) is 0 Å². The number of hydrogen-bond donors (Lipinski definition) is 0. The first-order valence-electron chi connectivity index (χ1n) is 9.41. The van der Waals surface area contributed by atoms with Gasteiger partial charge in [0.1, 0.15) is 29.6 Å². The number of ether oxygens (including phenoxy) is 1. The van der Waals surface area contributed by atoms with Crippen LogP contribution in [0.25, 0.3) is 11.0 Å². The van der Waals surface area contributed by atoms with Crippen LogP contribution in [-0.2, 0) is 14.4 Å². The number of esters is 1. The van der Waals surface area contributed by atoms with E-state index in [1.165, 1.54) is 11.3 Å². The van der Waals surface area contributed by atoms with Gasteiger partial charge in [0.2, 0.25) is 0 Å². The Balaban J connectivity index is 1.90. The molecule has 4 rings (SSSR count). The summed E-state index contributed by atoms with van der Waals surface area (Å²) in [5.74, 6) is -1.13. The third kappa shape index (κ3) is 3.27. The number of anilines is 1. The van der Waals surface area contributed by atoms with Crippen molar-refractivity contribution in [3.8, 4) is 0 Å². The number of para-hydroxylation sites is 1. The van der Waals surface area contributed by atoms with Crippen LogP contribution in [-0.4, -0.2) is 12.6 Å². The molecule has 3 aromatic rings. The summed E-state index contributed by atoms with van der Waals surface area (Å²) in [5.41, 5.74) is 2.21. The minimum absolute atomic E-state index is 0.214. The Kier molecular flexibility index (Phi) is 4.84. The second-order valence-electron chi connectivity index (χ2n) is 6.91. The van der Waals surface area contributed by atoms with Gasteiger partial charge in [-0.15, -0.1) is 0 Å². The molecule has 1 aliphatic rings. The van der Waals surface area contributed by atoms with Crippen LogP contribution in [0.15, 0.2) is 76.3 Å². The number of hydroxylamine groups is 1. The highest BCUT2D eigenvalue weighted by atomic mass is 16.7. The second-order valence-corrected chi connectivity index (χ2v) is 6.91. The SMILES string of the molecule is C=C1ON(c2ccccc2)C(c2coc3ccc(C)cc3c2=O)C1C(=O)OCC. The van der Waals surface area contributed by atoms with Crippen molar-refractivity contribution in [2.24, 2.45) is 5.92 Å². The molecule has 2 atom stereocenters. The van der Waals surface area contributed by atoms with Crippen molar-refractivity contribution in [2.75, 3.05) is 11.7 Å².